The molecule has 180 valence electrons. The van der Waals surface area contributed by atoms with Crippen molar-refractivity contribution in [3.8, 4) is 0 Å². The van der Waals surface area contributed by atoms with E-state index >= 15 is 0 Å². The van der Waals surface area contributed by atoms with Crippen LogP contribution >= 0.6 is 0 Å². The van der Waals surface area contributed by atoms with Gasteiger partial charge >= 0.3 is 18.4 Å². The van der Waals surface area contributed by atoms with Gasteiger partial charge in [-0.15, -0.1) is 0 Å². The smallest absolute Gasteiger partial charge is 0.352 e. The molecule has 2 amide bonds. The van der Waals surface area contributed by atoms with Crippen LogP contribution < -0.4 is 11.1 Å². The predicted octanol–water partition coefficient (Wildman–Crippen LogP) is 6.54. The standard InChI is InChI=1S/C23H16F8N2O/c24-16-9-14(8-15(11-16)22(26,27)28)20(33-21(32)34)19(12-4-2-1-3-5-12)13-6-7-18(25)17(10-13)23(29,30)31/h1-11,19-20H,(H3,32,33,34). The van der Waals surface area contributed by atoms with E-state index in [2.05, 4.69) is 5.32 Å². The minimum Gasteiger partial charge on any atom is -0.352 e. The normalized spacial score (nSPS) is 13.9. The summed E-state index contributed by atoms with van der Waals surface area (Å²) in [6, 6.07) is 8.28. The Labute approximate surface area is 188 Å². The Kier molecular flexibility index (Phi) is 6.85. The lowest BCUT2D eigenvalue weighted by atomic mass is 9.81. The third-order valence-corrected chi connectivity index (χ3v) is 5.05. The number of amides is 2. The molecule has 0 aliphatic rings. The summed E-state index contributed by atoms with van der Waals surface area (Å²) in [7, 11) is 0. The number of hydrogen-bond donors (Lipinski definition) is 2. The molecule has 0 spiro atoms. The highest BCUT2D eigenvalue weighted by Crippen LogP contribution is 2.41. The van der Waals surface area contributed by atoms with Crippen molar-refractivity contribution in [2.75, 3.05) is 0 Å². The van der Waals surface area contributed by atoms with Crippen molar-refractivity contribution < 1.29 is 39.9 Å². The van der Waals surface area contributed by atoms with Crippen LogP contribution in [0.4, 0.5) is 39.9 Å². The lowest BCUT2D eigenvalue weighted by Crippen LogP contribution is -2.37. The van der Waals surface area contributed by atoms with Crippen molar-refractivity contribution in [2.45, 2.75) is 24.3 Å². The first-order valence-corrected chi connectivity index (χ1v) is 9.62. The molecule has 2 unspecified atom stereocenters. The number of benzene rings is 3. The monoisotopic (exact) mass is 488 g/mol. The Morgan fingerprint density at radius 2 is 1.41 bits per heavy atom. The topological polar surface area (TPSA) is 55.1 Å². The van der Waals surface area contributed by atoms with Gasteiger partial charge in [0.15, 0.2) is 0 Å². The van der Waals surface area contributed by atoms with E-state index in [9.17, 15) is 39.9 Å². The van der Waals surface area contributed by atoms with Gasteiger partial charge in [-0.2, -0.15) is 26.3 Å². The van der Waals surface area contributed by atoms with Crippen molar-refractivity contribution in [3.05, 3.63) is 106 Å². The number of nitrogens with two attached hydrogens (primary N) is 1. The van der Waals surface area contributed by atoms with Gasteiger partial charge in [-0.3, -0.25) is 0 Å². The van der Waals surface area contributed by atoms with Crippen LogP contribution in [0.3, 0.4) is 0 Å². The first kappa shape index (κ1) is 25.0. The number of carbonyl (C=O) groups excluding carboxylic acids is 1. The molecule has 0 heterocycles. The molecule has 3 aromatic rings. The molecule has 34 heavy (non-hydrogen) atoms. The molecule has 0 fully saturated rings. The fourth-order valence-electron chi connectivity index (χ4n) is 3.66. The SMILES string of the molecule is NC(=O)NC(c1cc(F)cc(C(F)(F)F)c1)C(c1ccccc1)c1ccc(F)c(C(F)(F)F)c1. The van der Waals surface area contributed by atoms with Gasteiger partial charge in [0, 0.05) is 5.92 Å². The van der Waals surface area contributed by atoms with Crippen LogP contribution in [0.1, 0.15) is 39.8 Å². The molecule has 3 aromatic carbocycles. The summed E-state index contributed by atoms with van der Waals surface area (Å²) in [5, 5.41) is 2.20. The molecular formula is C23H16F8N2O. The quantitative estimate of drug-likeness (QED) is 0.394. The Morgan fingerprint density at radius 3 is 1.97 bits per heavy atom. The number of halogens is 8. The third kappa shape index (κ3) is 5.64. The van der Waals surface area contributed by atoms with Crippen LogP contribution in [0.25, 0.3) is 0 Å². The highest BCUT2D eigenvalue weighted by atomic mass is 19.4. The number of alkyl halides is 6. The van der Waals surface area contributed by atoms with E-state index in [1.54, 1.807) is 6.07 Å². The maximum atomic E-state index is 14.2. The second kappa shape index (κ2) is 9.32. The van der Waals surface area contributed by atoms with Gasteiger partial charge in [0.2, 0.25) is 0 Å². The van der Waals surface area contributed by atoms with Gasteiger partial charge in [-0.1, -0.05) is 36.4 Å². The highest BCUT2D eigenvalue weighted by molar-refractivity contribution is 5.72. The van der Waals surface area contributed by atoms with Crippen molar-refractivity contribution >= 4 is 6.03 Å². The van der Waals surface area contributed by atoms with Gasteiger partial charge in [-0.05, 0) is 47.0 Å². The van der Waals surface area contributed by atoms with Crippen LogP contribution in [-0.2, 0) is 12.4 Å². The molecular weight excluding hydrogens is 472 g/mol. The number of hydrogen-bond acceptors (Lipinski definition) is 1. The number of primary amides is 1. The Bertz CT molecular complexity index is 1180. The van der Waals surface area contributed by atoms with E-state index in [0.717, 1.165) is 6.07 Å². The molecule has 0 radical (unpaired) electrons. The molecule has 0 aromatic heterocycles. The van der Waals surface area contributed by atoms with Crippen molar-refractivity contribution in [2.24, 2.45) is 5.73 Å². The summed E-state index contributed by atoms with van der Waals surface area (Å²) in [6.45, 7) is 0. The molecule has 3 rings (SSSR count). The maximum absolute atomic E-state index is 14.2. The van der Waals surface area contributed by atoms with E-state index in [1.807, 2.05) is 0 Å². The lowest BCUT2D eigenvalue weighted by Gasteiger charge is -2.30. The Hall–Kier alpha value is -3.63. The van der Waals surface area contributed by atoms with E-state index in [4.69, 9.17) is 5.73 Å². The number of nitrogens with one attached hydrogen (secondary N) is 1. The van der Waals surface area contributed by atoms with E-state index in [0.29, 0.717) is 24.3 Å². The second-order valence-electron chi connectivity index (χ2n) is 7.38. The van der Waals surface area contributed by atoms with Gasteiger partial charge in [0.25, 0.3) is 0 Å². The second-order valence-corrected chi connectivity index (χ2v) is 7.38. The predicted molar refractivity (Wildman–Crippen MR) is 107 cm³/mol. The number of carbonyl (C=O) groups is 1. The Balaban J connectivity index is 2.29. The van der Waals surface area contributed by atoms with Crippen LogP contribution in [0.2, 0.25) is 0 Å². The fourth-order valence-corrected chi connectivity index (χ4v) is 3.66. The summed E-state index contributed by atoms with van der Waals surface area (Å²) in [5.74, 6) is -4.14. The van der Waals surface area contributed by atoms with Crippen LogP contribution in [0, 0.1) is 11.6 Å². The van der Waals surface area contributed by atoms with Gasteiger partial charge in [0.05, 0.1) is 17.2 Å². The molecule has 2 atom stereocenters. The largest absolute Gasteiger partial charge is 0.419 e. The van der Waals surface area contributed by atoms with Crippen LogP contribution in [-0.4, -0.2) is 6.03 Å². The molecule has 3 nitrogen and oxygen atoms in total. The maximum Gasteiger partial charge on any atom is 0.419 e. The fraction of sp³-hybridized carbons (Fsp3) is 0.174. The minimum absolute atomic E-state index is 0.198. The van der Waals surface area contributed by atoms with Gasteiger partial charge in [-0.25, -0.2) is 13.6 Å². The van der Waals surface area contributed by atoms with E-state index in [1.165, 1.54) is 24.3 Å². The zero-order valence-electron chi connectivity index (χ0n) is 17.0. The molecule has 0 aliphatic carbocycles. The lowest BCUT2D eigenvalue weighted by molar-refractivity contribution is -0.140. The van der Waals surface area contributed by atoms with Crippen molar-refractivity contribution in [3.63, 3.8) is 0 Å². The first-order chi connectivity index (χ1) is 15.8. The summed E-state index contributed by atoms with van der Waals surface area (Å²) >= 11 is 0. The number of rotatable bonds is 5. The average molecular weight is 488 g/mol. The molecule has 0 saturated carbocycles. The molecule has 0 aliphatic heterocycles. The van der Waals surface area contributed by atoms with Gasteiger partial charge in [0.1, 0.15) is 11.6 Å². The zero-order chi connectivity index (χ0) is 25.3. The molecule has 0 saturated heterocycles. The average Bonchev–Trinajstić information content (AvgIpc) is 2.73. The Morgan fingerprint density at radius 1 is 0.765 bits per heavy atom. The summed E-state index contributed by atoms with van der Waals surface area (Å²) in [4.78, 5) is 11.8. The van der Waals surface area contributed by atoms with Gasteiger partial charge < -0.3 is 11.1 Å². The third-order valence-electron chi connectivity index (χ3n) is 5.05. The van der Waals surface area contributed by atoms with E-state index in [-0.39, 0.29) is 17.2 Å². The first-order valence-electron chi connectivity index (χ1n) is 9.62. The zero-order valence-corrected chi connectivity index (χ0v) is 17.0. The summed E-state index contributed by atoms with van der Waals surface area (Å²) < 4.78 is 108. The highest BCUT2D eigenvalue weighted by Gasteiger charge is 2.37. The molecule has 11 heteroatoms. The number of urea groups is 1. The van der Waals surface area contributed by atoms with Crippen LogP contribution in [0.15, 0.2) is 66.7 Å². The van der Waals surface area contributed by atoms with E-state index < -0.39 is 58.7 Å². The van der Waals surface area contributed by atoms with Crippen LogP contribution in [0.5, 0.6) is 0 Å². The molecule has 3 N–H and O–H groups in total. The minimum atomic E-state index is -5.07. The summed E-state index contributed by atoms with van der Waals surface area (Å²) in [6.07, 6.45) is -10.0. The molecule has 0 bridgehead atoms. The summed E-state index contributed by atoms with van der Waals surface area (Å²) in [5.41, 5.74) is 1.86. The van der Waals surface area contributed by atoms with Crippen molar-refractivity contribution in [1.29, 1.82) is 0 Å². The van der Waals surface area contributed by atoms with Crippen molar-refractivity contribution in [1.82, 2.24) is 5.32 Å².